The molecule has 0 bridgehead atoms. The number of piperidine rings is 1. The molecule has 4 atom stereocenters. The maximum Gasteiger partial charge on any atom is 0.108 e. The van der Waals surface area contributed by atoms with Gasteiger partial charge in [-0.25, -0.2) is 0 Å². The van der Waals surface area contributed by atoms with Crippen molar-refractivity contribution in [3.8, 4) is 6.07 Å². The molecule has 4 unspecified atom stereocenters. The van der Waals surface area contributed by atoms with Gasteiger partial charge in [0.2, 0.25) is 0 Å². The van der Waals surface area contributed by atoms with Gasteiger partial charge in [-0.05, 0) is 51.5 Å². The molecule has 1 aliphatic heterocycles. The first kappa shape index (κ1) is 13.8. The van der Waals surface area contributed by atoms with Crippen LogP contribution in [0, 0.1) is 17.2 Å². The molecular weight excluding hydrogens is 222 g/mol. The fraction of sp³-hybridized carbons (Fsp3) is 0.933. The maximum atomic E-state index is 9.45. The van der Waals surface area contributed by atoms with Crippen LogP contribution >= 0.6 is 0 Å². The Labute approximate surface area is 112 Å². The summed E-state index contributed by atoms with van der Waals surface area (Å²) in [6, 6.07) is 3.84. The fourth-order valence-corrected chi connectivity index (χ4v) is 3.77. The van der Waals surface area contributed by atoms with Gasteiger partial charge in [0.1, 0.15) is 5.54 Å². The number of hydrogen-bond donors (Lipinski definition) is 1. The molecule has 0 aromatic rings. The summed E-state index contributed by atoms with van der Waals surface area (Å²) >= 11 is 0. The molecule has 2 aliphatic rings. The molecule has 0 aromatic carbocycles. The number of nitrogens with zero attached hydrogens (tertiary/aromatic N) is 2. The fourth-order valence-electron chi connectivity index (χ4n) is 3.77. The molecule has 1 heterocycles. The molecule has 3 nitrogen and oxygen atoms in total. The highest BCUT2D eigenvalue weighted by molar-refractivity contribution is 5.13. The van der Waals surface area contributed by atoms with Crippen molar-refractivity contribution in [1.29, 1.82) is 5.26 Å². The van der Waals surface area contributed by atoms with Gasteiger partial charge in [-0.1, -0.05) is 13.8 Å². The topological polar surface area (TPSA) is 39.1 Å². The van der Waals surface area contributed by atoms with E-state index in [1.165, 1.54) is 25.8 Å². The Morgan fingerprint density at radius 2 is 2.11 bits per heavy atom. The summed E-state index contributed by atoms with van der Waals surface area (Å²) < 4.78 is 0. The van der Waals surface area contributed by atoms with Crippen LogP contribution in [0.5, 0.6) is 0 Å². The van der Waals surface area contributed by atoms with Gasteiger partial charge in [0.25, 0.3) is 0 Å². The van der Waals surface area contributed by atoms with E-state index in [-0.39, 0.29) is 5.54 Å². The zero-order chi connectivity index (χ0) is 13.2. The van der Waals surface area contributed by atoms with Crippen molar-refractivity contribution >= 4 is 0 Å². The molecule has 1 aliphatic carbocycles. The summed E-state index contributed by atoms with van der Waals surface area (Å²) in [7, 11) is 0. The van der Waals surface area contributed by atoms with E-state index in [9.17, 15) is 5.26 Å². The van der Waals surface area contributed by atoms with E-state index in [4.69, 9.17) is 0 Å². The second-order valence-electron chi connectivity index (χ2n) is 6.35. The van der Waals surface area contributed by atoms with Crippen molar-refractivity contribution in [3.63, 3.8) is 0 Å². The lowest BCUT2D eigenvalue weighted by atomic mass is 9.92. The van der Waals surface area contributed by atoms with Gasteiger partial charge in [0.05, 0.1) is 6.07 Å². The molecule has 0 aromatic heterocycles. The monoisotopic (exact) mass is 249 g/mol. The molecule has 1 saturated carbocycles. The second kappa shape index (κ2) is 5.59. The molecule has 2 fully saturated rings. The minimum atomic E-state index is -0.250. The lowest BCUT2D eigenvalue weighted by Crippen LogP contribution is -2.49. The first-order chi connectivity index (χ1) is 8.60. The van der Waals surface area contributed by atoms with E-state index < -0.39 is 0 Å². The quantitative estimate of drug-likeness (QED) is 0.835. The van der Waals surface area contributed by atoms with Gasteiger partial charge in [-0.3, -0.25) is 10.2 Å². The average Bonchev–Trinajstić information content (AvgIpc) is 2.78. The number of likely N-dealkylation sites (tertiary alicyclic amines) is 1. The van der Waals surface area contributed by atoms with E-state index in [0.717, 1.165) is 25.3 Å². The van der Waals surface area contributed by atoms with Crippen molar-refractivity contribution < 1.29 is 0 Å². The summed E-state index contributed by atoms with van der Waals surface area (Å²) in [5.41, 5.74) is -0.250. The van der Waals surface area contributed by atoms with Crippen LogP contribution < -0.4 is 5.32 Å². The van der Waals surface area contributed by atoms with Crippen molar-refractivity contribution in [3.05, 3.63) is 0 Å². The average molecular weight is 249 g/mol. The van der Waals surface area contributed by atoms with Crippen molar-refractivity contribution in [2.45, 2.75) is 70.5 Å². The Morgan fingerprint density at radius 3 is 2.78 bits per heavy atom. The molecule has 0 radical (unpaired) electrons. The summed E-state index contributed by atoms with van der Waals surface area (Å²) in [4.78, 5) is 2.67. The Balaban J connectivity index is 2.01. The third kappa shape index (κ3) is 2.70. The minimum Gasteiger partial charge on any atom is -0.300 e. The van der Waals surface area contributed by atoms with Crippen LogP contribution in [0.1, 0.15) is 52.9 Å². The zero-order valence-corrected chi connectivity index (χ0v) is 12.1. The third-order valence-electron chi connectivity index (χ3n) is 4.85. The molecule has 3 heteroatoms. The highest BCUT2D eigenvalue weighted by Gasteiger charge is 2.42. The predicted molar refractivity (Wildman–Crippen MR) is 74.2 cm³/mol. The predicted octanol–water partition coefficient (Wildman–Crippen LogP) is 2.53. The van der Waals surface area contributed by atoms with Gasteiger partial charge in [0, 0.05) is 18.6 Å². The molecule has 1 N–H and O–H groups in total. The Morgan fingerprint density at radius 1 is 1.33 bits per heavy atom. The number of nitriles is 1. The Bertz CT molecular complexity index is 322. The standard InChI is InChI=1S/C15H27N3/c1-4-17-15(11-16)8-7-14(9-15)18-10-12(2)5-6-13(18)3/h12-14,17H,4-10H2,1-3H3. The zero-order valence-electron chi connectivity index (χ0n) is 12.1. The highest BCUT2D eigenvalue weighted by Crippen LogP contribution is 2.36. The first-order valence-corrected chi connectivity index (χ1v) is 7.52. The molecule has 0 amide bonds. The second-order valence-corrected chi connectivity index (χ2v) is 6.35. The first-order valence-electron chi connectivity index (χ1n) is 7.52. The number of hydrogen-bond acceptors (Lipinski definition) is 3. The highest BCUT2D eigenvalue weighted by atomic mass is 15.2. The molecule has 0 spiro atoms. The summed E-state index contributed by atoms with van der Waals surface area (Å²) in [6.07, 6.45) is 5.88. The Hall–Kier alpha value is -0.590. The van der Waals surface area contributed by atoms with Gasteiger partial charge in [-0.15, -0.1) is 0 Å². The molecule has 18 heavy (non-hydrogen) atoms. The van der Waals surface area contributed by atoms with Crippen LogP contribution in [-0.4, -0.2) is 35.6 Å². The lowest BCUT2D eigenvalue weighted by Gasteiger charge is -2.41. The van der Waals surface area contributed by atoms with Crippen molar-refractivity contribution in [2.75, 3.05) is 13.1 Å². The van der Waals surface area contributed by atoms with E-state index in [2.05, 4.69) is 37.1 Å². The minimum absolute atomic E-state index is 0.250. The van der Waals surface area contributed by atoms with Crippen LogP contribution in [0.2, 0.25) is 0 Å². The van der Waals surface area contributed by atoms with Crippen LogP contribution in [0.25, 0.3) is 0 Å². The van der Waals surface area contributed by atoms with Gasteiger partial charge >= 0.3 is 0 Å². The van der Waals surface area contributed by atoms with Crippen LogP contribution in [0.15, 0.2) is 0 Å². The summed E-state index contributed by atoms with van der Waals surface area (Å²) in [5.74, 6) is 0.817. The smallest absolute Gasteiger partial charge is 0.108 e. The van der Waals surface area contributed by atoms with E-state index in [1.807, 2.05) is 0 Å². The van der Waals surface area contributed by atoms with E-state index in [1.54, 1.807) is 0 Å². The number of nitrogens with one attached hydrogen (secondary N) is 1. The van der Waals surface area contributed by atoms with Crippen molar-refractivity contribution in [1.82, 2.24) is 10.2 Å². The van der Waals surface area contributed by atoms with Gasteiger partial charge in [-0.2, -0.15) is 5.26 Å². The lowest BCUT2D eigenvalue weighted by molar-refractivity contribution is 0.0768. The molecule has 2 rings (SSSR count). The van der Waals surface area contributed by atoms with Crippen LogP contribution in [0.4, 0.5) is 0 Å². The SMILES string of the molecule is CCNC1(C#N)CCC(N2CC(C)CCC2C)C1. The summed E-state index contributed by atoms with van der Waals surface area (Å²) in [6.45, 7) is 8.92. The maximum absolute atomic E-state index is 9.45. The van der Waals surface area contributed by atoms with Crippen molar-refractivity contribution in [2.24, 2.45) is 5.92 Å². The number of rotatable bonds is 3. The van der Waals surface area contributed by atoms with Gasteiger partial charge < -0.3 is 0 Å². The Kier molecular flexibility index (Phi) is 4.29. The van der Waals surface area contributed by atoms with E-state index >= 15 is 0 Å². The summed E-state index contributed by atoms with van der Waals surface area (Å²) in [5, 5.41) is 12.9. The van der Waals surface area contributed by atoms with Crippen LogP contribution in [0.3, 0.4) is 0 Å². The molecule has 102 valence electrons. The normalized spacial score (nSPS) is 41.8. The largest absolute Gasteiger partial charge is 0.300 e. The third-order valence-corrected chi connectivity index (χ3v) is 4.85. The van der Waals surface area contributed by atoms with E-state index in [0.29, 0.717) is 12.1 Å². The molecule has 1 saturated heterocycles. The molecular formula is C15H27N3. The van der Waals surface area contributed by atoms with Gasteiger partial charge in [0.15, 0.2) is 0 Å². The van der Waals surface area contributed by atoms with Crippen LogP contribution in [-0.2, 0) is 0 Å².